The van der Waals surface area contributed by atoms with E-state index in [1.54, 1.807) is 27.7 Å². The normalized spacial score (nSPS) is 23.9. The van der Waals surface area contributed by atoms with Crippen molar-refractivity contribution in [2.24, 2.45) is 5.73 Å². The van der Waals surface area contributed by atoms with Crippen molar-refractivity contribution in [2.75, 3.05) is 13.2 Å². The van der Waals surface area contributed by atoms with Crippen LogP contribution in [0.2, 0.25) is 0 Å². The molecule has 1 aliphatic heterocycles. The molecule has 0 aromatic carbocycles. The number of esters is 1. The minimum atomic E-state index is -0.599. The molecular formula is C13H24N2O4. The van der Waals surface area contributed by atoms with E-state index in [1.165, 1.54) is 4.90 Å². The number of likely N-dealkylation sites (tertiary alicyclic amines) is 1. The summed E-state index contributed by atoms with van der Waals surface area (Å²) in [7, 11) is 0. The number of hydrogen-bond donors (Lipinski definition) is 1. The quantitative estimate of drug-likeness (QED) is 0.766. The Labute approximate surface area is 114 Å². The first-order chi connectivity index (χ1) is 8.74. The van der Waals surface area contributed by atoms with Gasteiger partial charge in [0.15, 0.2) is 0 Å². The van der Waals surface area contributed by atoms with Crippen molar-refractivity contribution < 1.29 is 19.1 Å². The SMILES string of the molecule is CCOC(=O)[C@H]1CC[C@H](N)CN1C(=O)OC(C)(C)C. The molecule has 2 atom stereocenters. The van der Waals surface area contributed by atoms with Crippen molar-refractivity contribution in [1.29, 1.82) is 0 Å². The lowest BCUT2D eigenvalue weighted by molar-refractivity contribution is -0.150. The van der Waals surface area contributed by atoms with Gasteiger partial charge in [-0.15, -0.1) is 0 Å². The van der Waals surface area contributed by atoms with Crippen LogP contribution in [0.3, 0.4) is 0 Å². The Kier molecular flexibility index (Phi) is 5.17. The van der Waals surface area contributed by atoms with E-state index in [0.29, 0.717) is 26.0 Å². The molecular weight excluding hydrogens is 248 g/mol. The summed E-state index contributed by atoms with van der Waals surface area (Å²) < 4.78 is 10.3. The van der Waals surface area contributed by atoms with Gasteiger partial charge >= 0.3 is 12.1 Å². The van der Waals surface area contributed by atoms with E-state index in [2.05, 4.69) is 0 Å². The molecule has 19 heavy (non-hydrogen) atoms. The van der Waals surface area contributed by atoms with Crippen LogP contribution in [0.1, 0.15) is 40.5 Å². The summed E-state index contributed by atoms with van der Waals surface area (Å²) in [6, 6.07) is -0.715. The van der Waals surface area contributed by atoms with Crippen LogP contribution in [0.5, 0.6) is 0 Å². The second-order valence-corrected chi connectivity index (χ2v) is 5.74. The summed E-state index contributed by atoms with van der Waals surface area (Å²) in [6.07, 6.45) is 0.697. The Bertz CT molecular complexity index is 338. The lowest BCUT2D eigenvalue weighted by Crippen LogP contribution is -2.55. The summed E-state index contributed by atoms with van der Waals surface area (Å²) in [5, 5.41) is 0. The fraction of sp³-hybridized carbons (Fsp3) is 0.846. The first-order valence-electron chi connectivity index (χ1n) is 6.66. The van der Waals surface area contributed by atoms with E-state index >= 15 is 0 Å². The average molecular weight is 272 g/mol. The number of nitrogens with two attached hydrogens (primary N) is 1. The molecule has 0 bridgehead atoms. The maximum Gasteiger partial charge on any atom is 0.411 e. The monoisotopic (exact) mass is 272 g/mol. The lowest BCUT2D eigenvalue weighted by Gasteiger charge is -2.37. The summed E-state index contributed by atoms with van der Waals surface area (Å²) in [6.45, 7) is 7.71. The number of hydrogen-bond acceptors (Lipinski definition) is 5. The number of rotatable bonds is 2. The zero-order valence-electron chi connectivity index (χ0n) is 12.1. The fourth-order valence-electron chi connectivity index (χ4n) is 2.00. The standard InChI is InChI=1S/C13H24N2O4/c1-5-18-11(16)10-7-6-9(14)8-15(10)12(17)19-13(2,3)4/h9-10H,5-8,14H2,1-4H3/t9-,10+/m0/s1. The smallest absolute Gasteiger partial charge is 0.411 e. The van der Waals surface area contributed by atoms with Crippen molar-refractivity contribution in [2.45, 2.75) is 58.2 Å². The van der Waals surface area contributed by atoms with Crippen LogP contribution >= 0.6 is 0 Å². The first kappa shape index (κ1) is 15.8. The summed E-state index contributed by atoms with van der Waals surface area (Å²) >= 11 is 0. The molecule has 0 unspecified atom stereocenters. The van der Waals surface area contributed by atoms with E-state index in [9.17, 15) is 9.59 Å². The molecule has 1 fully saturated rings. The second kappa shape index (κ2) is 6.23. The third-order valence-electron chi connectivity index (χ3n) is 2.81. The molecule has 0 saturated carbocycles. The molecule has 1 amide bonds. The summed E-state index contributed by atoms with van der Waals surface area (Å²) in [5.74, 6) is -0.389. The zero-order chi connectivity index (χ0) is 14.6. The van der Waals surface area contributed by atoms with Gasteiger partial charge in [-0.2, -0.15) is 0 Å². The van der Waals surface area contributed by atoms with Crippen molar-refractivity contribution in [3.8, 4) is 0 Å². The van der Waals surface area contributed by atoms with E-state index < -0.39 is 17.7 Å². The molecule has 1 aliphatic rings. The van der Waals surface area contributed by atoms with Crippen LogP contribution < -0.4 is 5.73 Å². The molecule has 6 heteroatoms. The Morgan fingerprint density at radius 3 is 2.47 bits per heavy atom. The number of piperidine rings is 1. The molecule has 0 aliphatic carbocycles. The number of carbonyl (C=O) groups excluding carboxylic acids is 2. The highest BCUT2D eigenvalue weighted by Crippen LogP contribution is 2.21. The molecule has 1 saturated heterocycles. The molecule has 6 nitrogen and oxygen atoms in total. The predicted molar refractivity (Wildman–Crippen MR) is 70.6 cm³/mol. The van der Waals surface area contributed by atoms with Gasteiger partial charge in [0, 0.05) is 12.6 Å². The van der Waals surface area contributed by atoms with Gasteiger partial charge in [0.05, 0.1) is 6.61 Å². The van der Waals surface area contributed by atoms with Gasteiger partial charge in [-0.3, -0.25) is 4.90 Å². The number of ether oxygens (including phenoxy) is 2. The Morgan fingerprint density at radius 1 is 1.32 bits per heavy atom. The molecule has 1 heterocycles. The van der Waals surface area contributed by atoms with Crippen molar-refractivity contribution in [3.63, 3.8) is 0 Å². The van der Waals surface area contributed by atoms with Crippen molar-refractivity contribution >= 4 is 12.1 Å². The third-order valence-corrected chi connectivity index (χ3v) is 2.81. The van der Waals surface area contributed by atoms with Gasteiger partial charge in [0.2, 0.25) is 0 Å². The Hall–Kier alpha value is -1.30. The van der Waals surface area contributed by atoms with E-state index in [1.807, 2.05) is 0 Å². The van der Waals surface area contributed by atoms with Gasteiger partial charge in [-0.1, -0.05) is 0 Å². The number of amides is 1. The predicted octanol–water partition coefficient (Wildman–Crippen LogP) is 1.28. The molecule has 0 radical (unpaired) electrons. The van der Waals surface area contributed by atoms with E-state index in [0.717, 1.165) is 0 Å². The van der Waals surface area contributed by atoms with E-state index in [-0.39, 0.29) is 12.0 Å². The van der Waals surface area contributed by atoms with Crippen LogP contribution in [0.4, 0.5) is 4.79 Å². The van der Waals surface area contributed by atoms with Crippen LogP contribution in [-0.4, -0.2) is 47.8 Å². The average Bonchev–Trinajstić information content (AvgIpc) is 2.26. The highest BCUT2D eigenvalue weighted by Gasteiger charge is 2.37. The largest absolute Gasteiger partial charge is 0.464 e. The third kappa shape index (κ3) is 4.70. The Morgan fingerprint density at radius 2 is 1.95 bits per heavy atom. The molecule has 0 aromatic rings. The summed E-state index contributed by atoms with van der Waals surface area (Å²) in [5.41, 5.74) is 5.26. The second-order valence-electron chi connectivity index (χ2n) is 5.74. The van der Waals surface area contributed by atoms with E-state index in [4.69, 9.17) is 15.2 Å². The maximum absolute atomic E-state index is 12.1. The number of nitrogens with zero attached hydrogens (tertiary/aromatic N) is 1. The molecule has 2 N–H and O–H groups in total. The fourth-order valence-corrected chi connectivity index (χ4v) is 2.00. The van der Waals surface area contributed by atoms with Gasteiger partial charge in [0.1, 0.15) is 11.6 Å². The lowest BCUT2D eigenvalue weighted by atomic mass is 9.99. The summed E-state index contributed by atoms with van der Waals surface area (Å²) in [4.78, 5) is 25.4. The van der Waals surface area contributed by atoms with Gasteiger partial charge < -0.3 is 15.2 Å². The van der Waals surface area contributed by atoms with Crippen molar-refractivity contribution in [1.82, 2.24) is 4.90 Å². The van der Waals surface area contributed by atoms with Gasteiger partial charge in [-0.05, 0) is 40.5 Å². The Balaban J connectivity index is 2.78. The highest BCUT2D eigenvalue weighted by molar-refractivity contribution is 5.81. The molecule has 1 rings (SSSR count). The maximum atomic E-state index is 12.1. The van der Waals surface area contributed by atoms with Crippen LogP contribution in [0.15, 0.2) is 0 Å². The topological polar surface area (TPSA) is 81.9 Å². The van der Waals surface area contributed by atoms with Gasteiger partial charge in [-0.25, -0.2) is 9.59 Å². The van der Waals surface area contributed by atoms with Crippen LogP contribution in [0, 0.1) is 0 Å². The molecule has 0 aromatic heterocycles. The van der Waals surface area contributed by atoms with Crippen LogP contribution in [0.25, 0.3) is 0 Å². The first-order valence-corrected chi connectivity index (χ1v) is 6.66. The molecule has 0 spiro atoms. The number of carbonyl (C=O) groups is 2. The highest BCUT2D eigenvalue weighted by atomic mass is 16.6. The minimum absolute atomic E-state index is 0.127. The van der Waals surface area contributed by atoms with Crippen molar-refractivity contribution in [3.05, 3.63) is 0 Å². The van der Waals surface area contributed by atoms with Crippen LogP contribution in [-0.2, 0) is 14.3 Å². The van der Waals surface area contributed by atoms with Gasteiger partial charge in [0.25, 0.3) is 0 Å². The molecule has 110 valence electrons. The zero-order valence-corrected chi connectivity index (χ0v) is 12.1. The minimum Gasteiger partial charge on any atom is -0.464 e.